The van der Waals surface area contributed by atoms with Crippen molar-refractivity contribution in [1.29, 1.82) is 0 Å². The van der Waals surface area contributed by atoms with E-state index in [0.29, 0.717) is 6.42 Å². The van der Waals surface area contributed by atoms with Crippen LogP contribution in [-0.4, -0.2) is 21.8 Å². The molecule has 18 heavy (non-hydrogen) atoms. The summed E-state index contributed by atoms with van der Waals surface area (Å²) in [5.74, 6) is -1.52. The lowest BCUT2D eigenvalue weighted by Gasteiger charge is -1.98. The Morgan fingerprint density at radius 1 is 1.11 bits per heavy atom. The molecule has 0 radical (unpaired) electrons. The number of Topliss-reactive ketones (excluding diaryl/α,β-unsaturated/α-hetero) is 1. The van der Waals surface area contributed by atoms with Crippen LogP contribution in [0.5, 0.6) is 0 Å². The molecule has 2 heterocycles. The maximum Gasteiger partial charge on any atom is 0.371 e. The summed E-state index contributed by atoms with van der Waals surface area (Å²) in [5, 5.41) is 8.68. The molecule has 2 rings (SSSR count). The monoisotopic (exact) mass is 245 g/mol. The van der Waals surface area contributed by atoms with Crippen LogP contribution >= 0.6 is 0 Å². The lowest BCUT2D eigenvalue weighted by atomic mass is 10.1. The summed E-state index contributed by atoms with van der Waals surface area (Å²) in [5.41, 5.74) is 1.00. The van der Waals surface area contributed by atoms with Crippen LogP contribution < -0.4 is 0 Å². The molecule has 0 saturated carbocycles. The molecular weight excluding hydrogens is 234 g/mol. The summed E-state index contributed by atoms with van der Waals surface area (Å²) in [6, 6.07) is 6.33. The summed E-state index contributed by atoms with van der Waals surface area (Å²) in [7, 11) is 0. The first-order valence-corrected chi connectivity index (χ1v) is 5.42. The van der Waals surface area contributed by atoms with E-state index in [4.69, 9.17) is 9.52 Å². The van der Waals surface area contributed by atoms with Gasteiger partial charge in [-0.2, -0.15) is 0 Å². The largest absolute Gasteiger partial charge is 0.475 e. The number of aromatic nitrogens is 1. The highest BCUT2D eigenvalue weighted by molar-refractivity contribution is 5.95. The smallest absolute Gasteiger partial charge is 0.371 e. The number of furan rings is 1. The summed E-state index contributed by atoms with van der Waals surface area (Å²) in [4.78, 5) is 26.2. The van der Waals surface area contributed by atoms with E-state index in [1.807, 2.05) is 12.1 Å². The number of aryl methyl sites for hydroxylation is 1. The molecule has 0 aromatic carbocycles. The average molecular weight is 245 g/mol. The second-order valence-corrected chi connectivity index (χ2v) is 3.75. The van der Waals surface area contributed by atoms with Crippen molar-refractivity contribution in [2.75, 3.05) is 0 Å². The predicted octanol–water partition coefficient (Wildman–Crippen LogP) is 2.19. The van der Waals surface area contributed by atoms with Crippen molar-refractivity contribution in [3.05, 3.63) is 53.7 Å². The molecule has 5 heteroatoms. The molecule has 2 aromatic rings. The summed E-state index contributed by atoms with van der Waals surface area (Å²) >= 11 is 0. The van der Waals surface area contributed by atoms with Gasteiger partial charge in [0.25, 0.3) is 0 Å². The number of hydrogen-bond donors (Lipinski definition) is 1. The fourth-order valence-electron chi connectivity index (χ4n) is 1.53. The molecule has 5 nitrogen and oxygen atoms in total. The zero-order valence-electron chi connectivity index (χ0n) is 9.50. The van der Waals surface area contributed by atoms with Gasteiger partial charge in [-0.25, -0.2) is 4.79 Å². The van der Waals surface area contributed by atoms with Crippen LogP contribution in [0.2, 0.25) is 0 Å². The Bertz CT molecular complexity index is 559. The zero-order valence-corrected chi connectivity index (χ0v) is 9.50. The van der Waals surface area contributed by atoms with E-state index < -0.39 is 5.97 Å². The van der Waals surface area contributed by atoms with E-state index in [0.717, 1.165) is 5.56 Å². The van der Waals surface area contributed by atoms with Gasteiger partial charge in [-0.3, -0.25) is 9.78 Å². The Balaban J connectivity index is 1.97. The van der Waals surface area contributed by atoms with Crippen LogP contribution in [0.15, 0.2) is 41.1 Å². The van der Waals surface area contributed by atoms with Gasteiger partial charge in [-0.05, 0) is 36.2 Å². The molecular formula is C13H11NO4. The standard InChI is InChI=1S/C13H11NO4/c15-10(2-1-9-5-7-14-8-6-9)11-3-4-12(18-11)13(16)17/h3-8H,1-2H2,(H,16,17). The summed E-state index contributed by atoms with van der Waals surface area (Å²) in [6.45, 7) is 0. The third-order valence-electron chi connectivity index (χ3n) is 2.48. The molecule has 1 N–H and O–H groups in total. The lowest BCUT2D eigenvalue weighted by Crippen LogP contribution is -2.00. The molecule has 0 aliphatic carbocycles. The van der Waals surface area contributed by atoms with E-state index in [1.165, 1.54) is 12.1 Å². The maximum atomic E-state index is 11.8. The number of ketones is 1. The van der Waals surface area contributed by atoms with Crippen molar-refractivity contribution < 1.29 is 19.1 Å². The van der Waals surface area contributed by atoms with Crippen molar-refractivity contribution in [3.63, 3.8) is 0 Å². The average Bonchev–Trinajstić information content (AvgIpc) is 2.87. The molecule has 2 aromatic heterocycles. The first-order chi connectivity index (χ1) is 8.66. The van der Waals surface area contributed by atoms with Crippen molar-refractivity contribution >= 4 is 11.8 Å². The van der Waals surface area contributed by atoms with Gasteiger partial charge in [0, 0.05) is 18.8 Å². The Labute approximate surface area is 103 Å². The molecule has 0 aliphatic rings. The van der Waals surface area contributed by atoms with Gasteiger partial charge in [0.2, 0.25) is 5.76 Å². The fraction of sp³-hybridized carbons (Fsp3) is 0.154. The molecule has 0 fully saturated rings. The molecule has 0 aliphatic heterocycles. The van der Waals surface area contributed by atoms with Crippen LogP contribution in [-0.2, 0) is 6.42 Å². The van der Waals surface area contributed by atoms with E-state index >= 15 is 0 Å². The van der Waals surface area contributed by atoms with Crippen LogP contribution in [0, 0.1) is 0 Å². The Hall–Kier alpha value is -2.43. The highest BCUT2D eigenvalue weighted by Gasteiger charge is 2.14. The molecule has 0 saturated heterocycles. The van der Waals surface area contributed by atoms with Crippen molar-refractivity contribution in [2.45, 2.75) is 12.8 Å². The predicted molar refractivity (Wildman–Crippen MR) is 62.6 cm³/mol. The number of carbonyl (C=O) groups excluding carboxylic acids is 1. The minimum absolute atomic E-state index is 0.0847. The zero-order chi connectivity index (χ0) is 13.0. The molecule has 92 valence electrons. The lowest BCUT2D eigenvalue weighted by molar-refractivity contribution is 0.0660. The normalized spacial score (nSPS) is 10.2. The third-order valence-corrected chi connectivity index (χ3v) is 2.48. The highest BCUT2D eigenvalue weighted by Crippen LogP contribution is 2.12. The van der Waals surface area contributed by atoms with Crippen LogP contribution in [0.1, 0.15) is 33.1 Å². The van der Waals surface area contributed by atoms with Gasteiger partial charge in [-0.1, -0.05) is 0 Å². The number of carboxylic acids is 1. The molecule has 0 bridgehead atoms. The number of nitrogens with zero attached hydrogens (tertiary/aromatic N) is 1. The van der Waals surface area contributed by atoms with E-state index in [2.05, 4.69) is 4.98 Å². The molecule has 0 atom stereocenters. The number of hydrogen-bond acceptors (Lipinski definition) is 4. The van der Waals surface area contributed by atoms with E-state index in [1.54, 1.807) is 12.4 Å². The number of carboxylic acid groups (broad SMARTS) is 1. The van der Waals surface area contributed by atoms with E-state index in [-0.39, 0.29) is 23.7 Å². The minimum Gasteiger partial charge on any atom is -0.475 e. The Kier molecular flexibility index (Phi) is 3.52. The van der Waals surface area contributed by atoms with Gasteiger partial charge >= 0.3 is 5.97 Å². The second kappa shape index (κ2) is 5.27. The van der Waals surface area contributed by atoms with Gasteiger partial charge in [-0.15, -0.1) is 0 Å². The molecule has 0 amide bonds. The fourth-order valence-corrected chi connectivity index (χ4v) is 1.53. The van der Waals surface area contributed by atoms with Crippen LogP contribution in [0.25, 0.3) is 0 Å². The Morgan fingerprint density at radius 2 is 1.78 bits per heavy atom. The van der Waals surface area contributed by atoms with Crippen molar-refractivity contribution in [3.8, 4) is 0 Å². The molecule has 0 spiro atoms. The topological polar surface area (TPSA) is 80.4 Å². The number of carbonyl (C=O) groups is 2. The quantitative estimate of drug-likeness (QED) is 0.816. The number of rotatable bonds is 5. The van der Waals surface area contributed by atoms with Gasteiger partial charge < -0.3 is 9.52 Å². The SMILES string of the molecule is O=C(O)c1ccc(C(=O)CCc2ccncc2)o1. The van der Waals surface area contributed by atoms with Crippen LogP contribution in [0.3, 0.4) is 0 Å². The summed E-state index contributed by atoms with van der Waals surface area (Å²) in [6.07, 6.45) is 4.17. The van der Waals surface area contributed by atoms with Gasteiger partial charge in [0.1, 0.15) is 0 Å². The number of aromatic carboxylic acids is 1. The molecule has 0 unspecified atom stereocenters. The van der Waals surface area contributed by atoms with Crippen LogP contribution in [0.4, 0.5) is 0 Å². The third kappa shape index (κ3) is 2.82. The first kappa shape index (κ1) is 12.0. The van der Waals surface area contributed by atoms with Gasteiger partial charge in [0.15, 0.2) is 11.5 Å². The summed E-state index contributed by atoms with van der Waals surface area (Å²) < 4.78 is 4.93. The van der Waals surface area contributed by atoms with Crippen molar-refractivity contribution in [1.82, 2.24) is 4.98 Å². The Morgan fingerprint density at radius 3 is 2.39 bits per heavy atom. The second-order valence-electron chi connectivity index (χ2n) is 3.75. The van der Waals surface area contributed by atoms with E-state index in [9.17, 15) is 9.59 Å². The number of pyridine rings is 1. The van der Waals surface area contributed by atoms with Crippen molar-refractivity contribution in [2.24, 2.45) is 0 Å². The van der Waals surface area contributed by atoms with Gasteiger partial charge in [0.05, 0.1) is 0 Å². The maximum absolute atomic E-state index is 11.8. The first-order valence-electron chi connectivity index (χ1n) is 5.42. The highest BCUT2D eigenvalue weighted by atomic mass is 16.4. The minimum atomic E-state index is -1.18.